The highest BCUT2D eigenvalue weighted by atomic mass is 35.5. The zero-order valence-electron chi connectivity index (χ0n) is 11.8. The van der Waals surface area contributed by atoms with Gasteiger partial charge in [0.15, 0.2) is 0 Å². The number of carbonyl (C=O) groups excluding carboxylic acids is 1. The van der Waals surface area contributed by atoms with Crippen molar-refractivity contribution in [2.45, 2.75) is 43.7 Å². The monoisotopic (exact) mass is 331 g/mol. The number of amides is 1. The fourth-order valence-electron chi connectivity index (χ4n) is 1.78. The number of nitrogens with two attached hydrogens (primary N) is 1. The van der Waals surface area contributed by atoms with Crippen LogP contribution in [0.15, 0.2) is 17.0 Å². The highest BCUT2D eigenvalue weighted by Gasteiger charge is 2.29. The summed E-state index contributed by atoms with van der Waals surface area (Å²) >= 11 is 5.97. The van der Waals surface area contributed by atoms with Crippen LogP contribution in [0.3, 0.4) is 0 Å². The maximum absolute atomic E-state index is 12.3. The fourth-order valence-corrected chi connectivity index (χ4v) is 3.60. The third kappa shape index (κ3) is 3.87. The third-order valence-electron chi connectivity index (χ3n) is 3.26. The molecule has 21 heavy (non-hydrogen) atoms. The van der Waals surface area contributed by atoms with Crippen LogP contribution < -0.4 is 15.8 Å². The summed E-state index contributed by atoms with van der Waals surface area (Å²) in [5.74, 6) is -0.350. The van der Waals surface area contributed by atoms with Crippen molar-refractivity contribution in [3.05, 3.63) is 22.7 Å². The van der Waals surface area contributed by atoms with Crippen LogP contribution >= 0.6 is 11.6 Å². The van der Waals surface area contributed by atoms with Crippen LogP contribution in [0.2, 0.25) is 5.02 Å². The van der Waals surface area contributed by atoms with Gasteiger partial charge in [0, 0.05) is 11.7 Å². The molecule has 6 nitrogen and oxygen atoms in total. The maximum atomic E-state index is 12.3. The summed E-state index contributed by atoms with van der Waals surface area (Å²) in [6, 6.07) is 2.07. The van der Waals surface area contributed by atoms with E-state index in [1.54, 1.807) is 6.92 Å². The van der Waals surface area contributed by atoms with Gasteiger partial charge in [-0.25, -0.2) is 8.42 Å². The van der Waals surface area contributed by atoms with Crippen LogP contribution in [0, 0.1) is 6.92 Å². The standard InChI is InChI=1S/C13H18ClN3O3S/c1-7-5-10(14)12(6-11(7)15)21(19,20)17-8(2)13(18)16-9-3-4-9/h5-6,8-9,17H,3-4,15H2,1-2H3,(H,16,18). The summed E-state index contributed by atoms with van der Waals surface area (Å²) in [6.45, 7) is 3.22. The number of nitrogen functional groups attached to an aromatic ring is 1. The lowest BCUT2D eigenvalue weighted by Crippen LogP contribution is -2.45. The lowest BCUT2D eigenvalue weighted by Gasteiger charge is -2.15. The molecule has 1 saturated carbocycles. The van der Waals surface area contributed by atoms with Gasteiger partial charge >= 0.3 is 0 Å². The molecule has 0 spiro atoms. The molecule has 1 aliphatic carbocycles. The summed E-state index contributed by atoms with van der Waals surface area (Å²) < 4.78 is 26.9. The van der Waals surface area contributed by atoms with E-state index in [1.807, 2.05) is 0 Å². The molecular weight excluding hydrogens is 314 g/mol. The van der Waals surface area contributed by atoms with Crippen molar-refractivity contribution in [1.29, 1.82) is 0 Å². The van der Waals surface area contributed by atoms with Crippen molar-refractivity contribution in [3.8, 4) is 0 Å². The number of hydrogen-bond donors (Lipinski definition) is 3. The summed E-state index contributed by atoms with van der Waals surface area (Å²) in [5.41, 5.74) is 6.74. The van der Waals surface area contributed by atoms with Gasteiger partial charge in [0.05, 0.1) is 11.1 Å². The topological polar surface area (TPSA) is 101 Å². The van der Waals surface area contributed by atoms with E-state index in [0.717, 1.165) is 12.8 Å². The van der Waals surface area contributed by atoms with Crippen molar-refractivity contribution in [3.63, 3.8) is 0 Å². The van der Waals surface area contributed by atoms with E-state index in [1.165, 1.54) is 19.1 Å². The first kappa shape index (κ1) is 16.1. The average molecular weight is 332 g/mol. The molecule has 1 aromatic carbocycles. The van der Waals surface area contributed by atoms with Crippen LogP contribution in [-0.2, 0) is 14.8 Å². The summed E-state index contributed by atoms with van der Waals surface area (Å²) in [7, 11) is -3.91. The van der Waals surface area contributed by atoms with E-state index in [2.05, 4.69) is 10.0 Å². The largest absolute Gasteiger partial charge is 0.398 e. The molecule has 1 aromatic rings. The molecular formula is C13H18ClN3O3S. The Bertz CT molecular complexity index is 671. The van der Waals surface area contributed by atoms with Gasteiger partial charge in [0.25, 0.3) is 0 Å². The molecule has 0 aliphatic heterocycles. The second kappa shape index (κ2) is 5.82. The van der Waals surface area contributed by atoms with Crippen molar-refractivity contribution in [2.24, 2.45) is 0 Å². The van der Waals surface area contributed by atoms with Crippen LogP contribution in [0.5, 0.6) is 0 Å². The minimum Gasteiger partial charge on any atom is -0.398 e. The number of hydrogen-bond acceptors (Lipinski definition) is 4. The van der Waals surface area contributed by atoms with Gasteiger partial charge in [0.2, 0.25) is 15.9 Å². The predicted octanol–water partition coefficient (Wildman–Crippen LogP) is 1.18. The van der Waals surface area contributed by atoms with Gasteiger partial charge in [-0.1, -0.05) is 11.6 Å². The Morgan fingerprint density at radius 3 is 2.62 bits per heavy atom. The van der Waals surface area contributed by atoms with Gasteiger partial charge < -0.3 is 11.1 Å². The van der Waals surface area contributed by atoms with Crippen LogP contribution in [0.1, 0.15) is 25.3 Å². The van der Waals surface area contributed by atoms with E-state index in [4.69, 9.17) is 17.3 Å². The number of aryl methyl sites for hydroxylation is 1. The summed E-state index contributed by atoms with van der Waals surface area (Å²) in [5, 5.41) is 2.81. The van der Waals surface area contributed by atoms with Gasteiger partial charge in [-0.05, 0) is 44.4 Å². The van der Waals surface area contributed by atoms with E-state index >= 15 is 0 Å². The molecule has 1 amide bonds. The minimum absolute atomic E-state index is 0.0731. The molecule has 8 heteroatoms. The summed E-state index contributed by atoms with van der Waals surface area (Å²) in [6.07, 6.45) is 1.87. The number of anilines is 1. The average Bonchev–Trinajstić information content (AvgIpc) is 3.16. The van der Waals surface area contributed by atoms with Crippen molar-refractivity contribution < 1.29 is 13.2 Å². The van der Waals surface area contributed by atoms with Gasteiger partial charge in [-0.3, -0.25) is 4.79 Å². The second-order valence-electron chi connectivity index (χ2n) is 5.27. The fraction of sp³-hybridized carbons (Fsp3) is 0.462. The van der Waals surface area contributed by atoms with Crippen molar-refractivity contribution >= 4 is 33.2 Å². The maximum Gasteiger partial charge on any atom is 0.242 e. The molecule has 4 N–H and O–H groups in total. The number of rotatable bonds is 5. The van der Waals surface area contributed by atoms with Gasteiger partial charge in [-0.2, -0.15) is 4.72 Å². The SMILES string of the molecule is Cc1cc(Cl)c(S(=O)(=O)NC(C)C(=O)NC2CC2)cc1N. The molecule has 0 heterocycles. The molecule has 0 saturated heterocycles. The Kier molecular flexibility index (Phi) is 4.46. The molecule has 0 radical (unpaired) electrons. The van der Waals surface area contributed by atoms with Gasteiger partial charge in [-0.15, -0.1) is 0 Å². The number of halogens is 1. The highest BCUT2D eigenvalue weighted by Crippen LogP contribution is 2.27. The Morgan fingerprint density at radius 1 is 1.43 bits per heavy atom. The number of sulfonamides is 1. The van der Waals surface area contributed by atoms with Crippen LogP contribution in [-0.4, -0.2) is 26.4 Å². The molecule has 116 valence electrons. The minimum atomic E-state index is -3.91. The Labute approximate surface area is 129 Å². The van der Waals surface area contributed by atoms with E-state index in [-0.39, 0.29) is 21.9 Å². The molecule has 1 unspecified atom stereocenters. The molecule has 0 bridgehead atoms. The predicted molar refractivity (Wildman–Crippen MR) is 81.5 cm³/mol. The van der Waals surface area contributed by atoms with E-state index in [9.17, 15) is 13.2 Å². The van der Waals surface area contributed by atoms with Gasteiger partial charge in [0.1, 0.15) is 4.90 Å². The van der Waals surface area contributed by atoms with E-state index < -0.39 is 16.1 Å². The molecule has 2 rings (SSSR count). The first-order valence-corrected chi connectivity index (χ1v) is 8.45. The molecule has 0 aromatic heterocycles. The van der Waals surface area contributed by atoms with Crippen molar-refractivity contribution in [1.82, 2.24) is 10.0 Å². The molecule has 1 aliphatic rings. The van der Waals surface area contributed by atoms with Crippen LogP contribution in [0.25, 0.3) is 0 Å². The first-order valence-electron chi connectivity index (χ1n) is 6.59. The lowest BCUT2D eigenvalue weighted by atomic mass is 10.2. The molecule has 1 atom stereocenters. The third-order valence-corrected chi connectivity index (χ3v) is 5.26. The normalized spacial score (nSPS) is 16.5. The number of carbonyl (C=O) groups is 1. The van der Waals surface area contributed by atoms with Crippen LogP contribution in [0.4, 0.5) is 5.69 Å². The zero-order valence-corrected chi connectivity index (χ0v) is 13.4. The smallest absolute Gasteiger partial charge is 0.242 e. The summed E-state index contributed by atoms with van der Waals surface area (Å²) in [4.78, 5) is 11.7. The van der Waals surface area contributed by atoms with E-state index in [0.29, 0.717) is 11.3 Å². The first-order chi connectivity index (χ1) is 9.70. The highest BCUT2D eigenvalue weighted by molar-refractivity contribution is 7.89. The number of nitrogens with one attached hydrogen (secondary N) is 2. The van der Waals surface area contributed by atoms with Crippen molar-refractivity contribution in [2.75, 3.05) is 5.73 Å². The molecule has 1 fully saturated rings. The zero-order chi connectivity index (χ0) is 15.8. The Morgan fingerprint density at radius 2 is 2.05 bits per heavy atom. The Balaban J connectivity index is 2.17. The lowest BCUT2D eigenvalue weighted by molar-refractivity contribution is -0.122. The Hall–Kier alpha value is -1.31. The quantitative estimate of drug-likeness (QED) is 0.705. The second-order valence-corrected chi connectivity index (χ2v) is 7.35. The number of benzene rings is 1.